The molecular formula is C20H31BFNO2Si. The third-order valence-electron chi connectivity index (χ3n) is 6.79. The van der Waals surface area contributed by atoms with E-state index in [1.54, 1.807) is 6.07 Å². The van der Waals surface area contributed by atoms with Gasteiger partial charge in [0.15, 0.2) is 8.24 Å². The molecule has 6 heteroatoms. The fraction of sp³-hybridized carbons (Fsp3) is 0.600. The number of aromatic nitrogens is 1. The van der Waals surface area contributed by atoms with Gasteiger partial charge in [-0.25, -0.2) is 4.39 Å². The molecule has 1 aromatic heterocycles. The van der Waals surface area contributed by atoms with Crippen molar-refractivity contribution in [3.05, 3.63) is 30.2 Å². The smallest absolute Gasteiger partial charge is 0.399 e. The predicted molar refractivity (Wildman–Crippen MR) is 110 cm³/mol. The summed E-state index contributed by atoms with van der Waals surface area (Å²) >= 11 is 0. The second-order valence-corrected chi connectivity index (χ2v) is 15.1. The Morgan fingerprint density at radius 2 is 1.54 bits per heavy atom. The Bertz CT molecular complexity index is 835. The van der Waals surface area contributed by atoms with Crippen LogP contribution < -0.4 is 5.46 Å². The number of hydrogen-bond acceptors (Lipinski definition) is 2. The minimum atomic E-state index is -1.82. The van der Waals surface area contributed by atoms with Gasteiger partial charge in [0.1, 0.15) is 5.82 Å². The SMILES string of the molecule is CC1(C)OB(c2c(F)ccc3c2ccn3[Si](C)(C)C(C)(C)C)OC1(C)C. The van der Waals surface area contributed by atoms with Gasteiger partial charge in [-0.15, -0.1) is 0 Å². The van der Waals surface area contributed by atoms with E-state index in [2.05, 4.69) is 44.3 Å². The maximum absolute atomic E-state index is 14.9. The number of fused-ring (bicyclic) bond motifs is 1. The number of halogens is 1. The molecule has 0 aliphatic carbocycles. The van der Waals surface area contributed by atoms with Gasteiger partial charge in [0.05, 0.1) is 11.2 Å². The minimum absolute atomic E-state index is 0.178. The topological polar surface area (TPSA) is 23.4 Å². The Hall–Kier alpha value is -1.11. The Balaban J connectivity index is 2.17. The minimum Gasteiger partial charge on any atom is -0.399 e. The highest BCUT2D eigenvalue weighted by Gasteiger charge is 2.53. The lowest BCUT2D eigenvalue weighted by atomic mass is 9.76. The van der Waals surface area contributed by atoms with E-state index in [0.29, 0.717) is 5.46 Å². The third-order valence-corrected chi connectivity index (χ3v) is 12.1. The van der Waals surface area contributed by atoms with Crippen LogP contribution in [0.15, 0.2) is 24.4 Å². The van der Waals surface area contributed by atoms with Crippen molar-refractivity contribution in [3.63, 3.8) is 0 Å². The summed E-state index contributed by atoms with van der Waals surface area (Å²) in [5, 5.41) is 1.06. The van der Waals surface area contributed by atoms with Crippen LogP contribution in [0.5, 0.6) is 0 Å². The quantitative estimate of drug-likeness (QED) is 0.695. The number of nitrogens with zero attached hydrogens (tertiary/aromatic N) is 1. The maximum atomic E-state index is 14.9. The van der Waals surface area contributed by atoms with Gasteiger partial charge >= 0.3 is 7.12 Å². The molecule has 0 N–H and O–H groups in total. The van der Waals surface area contributed by atoms with Crippen LogP contribution in [0.2, 0.25) is 18.1 Å². The number of hydrogen-bond donors (Lipinski definition) is 0. The van der Waals surface area contributed by atoms with Crippen LogP contribution in [0.4, 0.5) is 4.39 Å². The first-order valence-corrected chi connectivity index (χ1v) is 12.3. The van der Waals surface area contributed by atoms with Crippen molar-refractivity contribution in [3.8, 4) is 0 Å². The molecule has 0 amide bonds. The van der Waals surface area contributed by atoms with E-state index in [4.69, 9.17) is 9.31 Å². The zero-order valence-electron chi connectivity index (χ0n) is 17.5. The lowest BCUT2D eigenvalue weighted by molar-refractivity contribution is 0.00578. The van der Waals surface area contributed by atoms with Crippen LogP contribution in [0, 0.1) is 5.82 Å². The first kappa shape index (κ1) is 19.6. The van der Waals surface area contributed by atoms with Crippen molar-refractivity contribution in [2.45, 2.75) is 77.8 Å². The predicted octanol–water partition coefficient (Wildman–Crippen LogP) is 4.93. The summed E-state index contributed by atoms with van der Waals surface area (Å²) in [6.07, 6.45) is 2.11. The highest BCUT2D eigenvalue weighted by molar-refractivity contribution is 6.79. The molecule has 1 aliphatic heterocycles. The zero-order valence-corrected chi connectivity index (χ0v) is 18.5. The Morgan fingerprint density at radius 1 is 1.00 bits per heavy atom. The summed E-state index contributed by atoms with van der Waals surface area (Å²) in [5.41, 5.74) is 0.587. The summed E-state index contributed by atoms with van der Waals surface area (Å²) in [5.74, 6) is -0.274. The Labute approximate surface area is 158 Å². The van der Waals surface area contributed by atoms with Gasteiger partial charge in [-0.05, 0) is 57.1 Å². The molecule has 1 saturated heterocycles. The van der Waals surface area contributed by atoms with Crippen molar-refractivity contribution < 1.29 is 13.7 Å². The highest BCUT2D eigenvalue weighted by Crippen LogP contribution is 2.40. The van der Waals surface area contributed by atoms with E-state index in [1.807, 2.05) is 39.8 Å². The van der Waals surface area contributed by atoms with E-state index >= 15 is 0 Å². The summed E-state index contributed by atoms with van der Waals surface area (Å²) in [7, 11) is -2.51. The van der Waals surface area contributed by atoms with Gasteiger partial charge in [0.25, 0.3) is 0 Å². The fourth-order valence-electron chi connectivity index (χ4n) is 3.26. The Kier molecular flexibility index (Phi) is 4.30. The normalized spacial score (nSPS) is 20.2. The second-order valence-electron chi connectivity index (χ2n) is 9.98. The molecule has 0 bridgehead atoms. The molecule has 142 valence electrons. The van der Waals surface area contributed by atoms with Crippen LogP contribution in [-0.2, 0) is 9.31 Å². The van der Waals surface area contributed by atoms with Crippen molar-refractivity contribution in [1.82, 2.24) is 4.23 Å². The average Bonchev–Trinajstić information content (AvgIpc) is 2.96. The molecule has 1 fully saturated rings. The molecule has 1 aliphatic rings. The van der Waals surface area contributed by atoms with Gasteiger partial charge in [-0.2, -0.15) is 0 Å². The Morgan fingerprint density at radius 3 is 2.04 bits per heavy atom. The van der Waals surface area contributed by atoms with E-state index < -0.39 is 26.6 Å². The highest BCUT2D eigenvalue weighted by atomic mass is 28.3. The first-order valence-electron chi connectivity index (χ1n) is 9.35. The van der Waals surface area contributed by atoms with E-state index in [1.165, 1.54) is 0 Å². The number of rotatable bonds is 2. The molecule has 1 aromatic carbocycles. The summed E-state index contributed by atoms with van der Waals surface area (Å²) < 4.78 is 29.5. The van der Waals surface area contributed by atoms with Crippen LogP contribution >= 0.6 is 0 Å². The molecule has 0 saturated carbocycles. The van der Waals surface area contributed by atoms with Gasteiger partial charge in [0, 0.05) is 16.4 Å². The molecule has 0 spiro atoms. The zero-order chi connectivity index (χ0) is 19.7. The molecule has 0 atom stereocenters. The lowest BCUT2D eigenvalue weighted by Crippen LogP contribution is -2.45. The van der Waals surface area contributed by atoms with Crippen molar-refractivity contribution in [2.24, 2.45) is 0 Å². The standard InChI is InChI=1S/C20H31BFNO2Si/c1-18(2,3)26(8,9)23-13-12-14-16(23)11-10-15(22)17(14)21-24-19(4,5)20(6,7)25-21/h10-13H,1-9H3. The van der Waals surface area contributed by atoms with Crippen molar-refractivity contribution in [2.75, 3.05) is 0 Å². The van der Waals surface area contributed by atoms with Crippen LogP contribution in [-0.4, -0.2) is 30.8 Å². The summed E-state index contributed by atoms with van der Waals surface area (Å²) in [6.45, 7) is 19.5. The third kappa shape index (κ3) is 2.77. The van der Waals surface area contributed by atoms with Gasteiger partial charge in [0.2, 0.25) is 0 Å². The number of benzene rings is 1. The van der Waals surface area contributed by atoms with Crippen molar-refractivity contribution >= 4 is 31.7 Å². The van der Waals surface area contributed by atoms with Gasteiger partial charge in [-0.3, -0.25) is 0 Å². The van der Waals surface area contributed by atoms with Gasteiger partial charge in [-0.1, -0.05) is 33.9 Å². The summed E-state index contributed by atoms with van der Waals surface area (Å²) in [4.78, 5) is 0. The molecule has 3 nitrogen and oxygen atoms in total. The van der Waals surface area contributed by atoms with Gasteiger partial charge < -0.3 is 13.5 Å². The first-order chi connectivity index (χ1) is 11.7. The van der Waals surface area contributed by atoms with Crippen LogP contribution in [0.1, 0.15) is 48.5 Å². The molecule has 2 heterocycles. The molecule has 0 unspecified atom stereocenters. The maximum Gasteiger partial charge on any atom is 0.498 e. The van der Waals surface area contributed by atoms with E-state index in [-0.39, 0.29) is 10.9 Å². The molecule has 0 radical (unpaired) electrons. The van der Waals surface area contributed by atoms with Crippen molar-refractivity contribution in [1.29, 1.82) is 0 Å². The summed E-state index contributed by atoms with van der Waals surface area (Å²) in [6, 6.07) is 5.45. The van der Waals surface area contributed by atoms with E-state index in [0.717, 1.165) is 10.9 Å². The van der Waals surface area contributed by atoms with E-state index in [9.17, 15) is 4.39 Å². The fourth-order valence-corrected chi connectivity index (χ4v) is 5.23. The molecule has 26 heavy (non-hydrogen) atoms. The monoisotopic (exact) mass is 375 g/mol. The molecule has 3 rings (SSSR count). The lowest BCUT2D eigenvalue weighted by Gasteiger charge is -2.38. The second kappa shape index (κ2) is 5.69. The molecule has 2 aromatic rings. The van der Waals surface area contributed by atoms with Crippen LogP contribution in [0.3, 0.4) is 0 Å². The van der Waals surface area contributed by atoms with Crippen LogP contribution in [0.25, 0.3) is 10.9 Å². The average molecular weight is 375 g/mol. The molecular weight excluding hydrogens is 344 g/mol. The largest absolute Gasteiger partial charge is 0.498 e.